The SMILES string of the molecule is O=C(CSc1nn(-c2ccccc2)c(=S)s1)Nc1cc2c(cc1Cl)OCCO2. The van der Waals surface area contributed by atoms with Crippen molar-refractivity contribution in [2.45, 2.75) is 4.34 Å². The van der Waals surface area contributed by atoms with E-state index >= 15 is 0 Å². The molecule has 4 rings (SSSR count). The zero-order chi connectivity index (χ0) is 19.5. The van der Waals surface area contributed by atoms with Gasteiger partial charge in [0.25, 0.3) is 0 Å². The number of thioether (sulfide) groups is 1. The van der Waals surface area contributed by atoms with Gasteiger partial charge in [-0.1, -0.05) is 52.9 Å². The molecule has 28 heavy (non-hydrogen) atoms. The highest BCUT2D eigenvalue weighted by Crippen LogP contribution is 2.38. The first kappa shape index (κ1) is 19.3. The van der Waals surface area contributed by atoms with Crippen molar-refractivity contribution in [3.8, 4) is 17.2 Å². The number of hydrogen-bond acceptors (Lipinski definition) is 7. The third kappa shape index (κ3) is 4.33. The number of hydrogen-bond donors (Lipinski definition) is 1. The lowest BCUT2D eigenvalue weighted by atomic mass is 10.2. The van der Waals surface area contributed by atoms with Crippen molar-refractivity contribution < 1.29 is 14.3 Å². The van der Waals surface area contributed by atoms with Crippen molar-refractivity contribution in [3.63, 3.8) is 0 Å². The standard InChI is InChI=1S/C18H14ClN3O3S3/c19-12-8-14-15(25-7-6-24-14)9-13(12)20-16(23)10-27-17-21-22(18(26)28-17)11-4-2-1-3-5-11/h1-5,8-9H,6-7,10H2,(H,20,23). The number of rotatable bonds is 5. The van der Waals surface area contributed by atoms with Crippen molar-refractivity contribution in [1.82, 2.24) is 9.78 Å². The molecule has 10 heteroatoms. The zero-order valence-electron chi connectivity index (χ0n) is 14.4. The molecule has 0 saturated heterocycles. The molecule has 0 unspecified atom stereocenters. The second-order valence-electron chi connectivity index (χ2n) is 5.69. The van der Waals surface area contributed by atoms with Crippen LogP contribution in [-0.4, -0.2) is 34.7 Å². The molecule has 0 aliphatic carbocycles. The average Bonchev–Trinajstić information content (AvgIpc) is 3.08. The van der Waals surface area contributed by atoms with Crippen molar-refractivity contribution in [2.75, 3.05) is 24.3 Å². The van der Waals surface area contributed by atoms with Gasteiger partial charge in [0.15, 0.2) is 19.8 Å². The largest absolute Gasteiger partial charge is 0.486 e. The second kappa shape index (κ2) is 8.52. The van der Waals surface area contributed by atoms with Gasteiger partial charge in [-0.15, -0.1) is 5.10 Å². The average molecular weight is 452 g/mol. The normalized spacial score (nSPS) is 12.6. The Bertz CT molecular complexity index is 1070. The molecular formula is C18H14ClN3O3S3. The topological polar surface area (TPSA) is 65.4 Å². The lowest BCUT2D eigenvalue weighted by Crippen LogP contribution is -2.17. The van der Waals surface area contributed by atoms with E-state index in [0.717, 1.165) is 10.0 Å². The molecule has 1 aliphatic heterocycles. The number of benzene rings is 2. The first-order valence-electron chi connectivity index (χ1n) is 8.27. The van der Waals surface area contributed by atoms with Crippen LogP contribution in [0.5, 0.6) is 11.5 Å². The van der Waals surface area contributed by atoms with Crippen LogP contribution in [0.1, 0.15) is 0 Å². The highest BCUT2D eigenvalue weighted by Gasteiger charge is 2.17. The summed E-state index contributed by atoms with van der Waals surface area (Å²) >= 11 is 14.3. The molecule has 1 amide bonds. The number of nitrogens with zero attached hydrogens (tertiary/aromatic N) is 2. The molecule has 0 spiro atoms. The Balaban J connectivity index is 1.41. The van der Waals surface area contributed by atoms with Gasteiger partial charge in [0.1, 0.15) is 13.2 Å². The van der Waals surface area contributed by atoms with Gasteiger partial charge in [0, 0.05) is 12.1 Å². The Hall–Kier alpha value is -2.07. The van der Waals surface area contributed by atoms with E-state index in [0.29, 0.717) is 39.4 Å². The Labute approximate surface area is 179 Å². The van der Waals surface area contributed by atoms with E-state index in [2.05, 4.69) is 10.4 Å². The van der Waals surface area contributed by atoms with Gasteiger partial charge in [0.05, 0.1) is 22.2 Å². The zero-order valence-corrected chi connectivity index (χ0v) is 17.6. The number of nitrogens with one attached hydrogen (secondary N) is 1. The second-order valence-corrected chi connectivity index (χ2v) is 8.95. The summed E-state index contributed by atoms with van der Waals surface area (Å²) in [5, 5.41) is 7.68. The third-order valence-corrected chi connectivity index (χ3v) is 6.44. The Morgan fingerprint density at radius 1 is 1.25 bits per heavy atom. The fourth-order valence-electron chi connectivity index (χ4n) is 2.52. The number of aromatic nitrogens is 2. The molecule has 1 N–H and O–H groups in total. The van der Waals surface area contributed by atoms with Gasteiger partial charge in [-0.05, 0) is 24.4 Å². The minimum atomic E-state index is -0.198. The highest BCUT2D eigenvalue weighted by molar-refractivity contribution is 8.01. The van der Waals surface area contributed by atoms with Crippen LogP contribution in [0.2, 0.25) is 5.02 Å². The number of fused-ring (bicyclic) bond motifs is 1. The first-order chi connectivity index (χ1) is 13.6. The highest BCUT2D eigenvalue weighted by atomic mass is 35.5. The van der Waals surface area contributed by atoms with Crippen LogP contribution in [0.15, 0.2) is 46.8 Å². The Morgan fingerprint density at radius 2 is 1.96 bits per heavy atom. The molecule has 0 fully saturated rings. The number of para-hydroxylation sites is 1. The minimum absolute atomic E-state index is 0.182. The smallest absolute Gasteiger partial charge is 0.234 e. The first-order valence-corrected chi connectivity index (χ1v) is 10.9. The van der Waals surface area contributed by atoms with E-state index in [4.69, 9.17) is 33.3 Å². The predicted octanol–water partition coefficient (Wildman–Crippen LogP) is 4.82. The van der Waals surface area contributed by atoms with E-state index < -0.39 is 0 Å². The molecular weight excluding hydrogens is 438 g/mol. The molecule has 6 nitrogen and oxygen atoms in total. The summed E-state index contributed by atoms with van der Waals surface area (Å²) in [5.41, 5.74) is 1.38. The van der Waals surface area contributed by atoms with E-state index in [-0.39, 0.29) is 11.7 Å². The predicted molar refractivity (Wildman–Crippen MR) is 114 cm³/mol. The van der Waals surface area contributed by atoms with Gasteiger partial charge in [0.2, 0.25) is 5.91 Å². The third-order valence-electron chi connectivity index (χ3n) is 3.76. The van der Waals surface area contributed by atoms with Gasteiger partial charge in [-0.3, -0.25) is 4.79 Å². The number of ether oxygens (including phenoxy) is 2. The van der Waals surface area contributed by atoms with Crippen LogP contribution >= 0.6 is 46.9 Å². The molecule has 0 bridgehead atoms. The molecule has 1 aliphatic rings. The van der Waals surface area contributed by atoms with Crippen LogP contribution in [-0.2, 0) is 4.79 Å². The van der Waals surface area contributed by atoms with E-state index in [1.165, 1.54) is 23.1 Å². The van der Waals surface area contributed by atoms with Crippen LogP contribution in [0.4, 0.5) is 5.69 Å². The summed E-state index contributed by atoms with van der Waals surface area (Å²) in [6.45, 7) is 0.945. The number of carbonyl (C=O) groups excluding carboxylic acids is 1. The number of carbonyl (C=O) groups is 1. The van der Waals surface area contributed by atoms with Gasteiger partial charge in [-0.2, -0.15) is 0 Å². The molecule has 0 saturated carbocycles. The maximum Gasteiger partial charge on any atom is 0.234 e. The number of anilines is 1. The molecule has 2 aromatic carbocycles. The van der Waals surface area contributed by atoms with Gasteiger partial charge < -0.3 is 14.8 Å². The summed E-state index contributed by atoms with van der Waals surface area (Å²) in [4.78, 5) is 12.3. The maximum atomic E-state index is 12.3. The van der Waals surface area contributed by atoms with Crippen LogP contribution in [0.25, 0.3) is 5.69 Å². The summed E-state index contributed by atoms with van der Waals surface area (Å²) < 4.78 is 14.0. The van der Waals surface area contributed by atoms with Crippen LogP contribution < -0.4 is 14.8 Å². The molecule has 2 heterocycles. The van der Waals surface area contributed by atoms with E-state index in [1.54, 1.807) is 16.8 Å². The lowest BCUT2D eigenvalue weighted by molar-refractivity contribution is -0.113. The minimum Gasteiger partial charge on any atom is -0.486 e. The summed E-state index contributed by atoms with van der Waals surface area (Å²) in [6.07, 6.45) is 0. The molecule has 144 valence electrons. The van der Waals surface area contributed by atoms with Crippen LogP contribution in [0.3, 0.4) is 0 Å². The quantitative estimate of drug-likeness (QED) is 0.443. The summed E-state index contributed by atoms with van der Waals surface area (Å²) in [7, 11) is 0. The maximum absolute atomic E-state index is 12.3. The van der Waals surface area contributed by atoms with Crippen molar-refractivity contribution in [3.05, 3.63) is 51.4 Å². The lowest BCUT2D eigenvalue weighted by Gasteiger charge is -2.19. The molecule has 0 radical (unpaired) electrons. The fourth-order valence-corrected chi connectivity index (χ4v) is 4.89. The van der Waals surface area contributed by atoms with Crippen molar-refractivity contribution in [1.29, 1.82) is 0 Å². The summed E-state index contributed by atoms with van der Waals surface area (Å²) in [6, 6.07) is 13.0. The molecule has 3 aromatic rings. The van der Waals surface area contributed by atoms with Crippen molar-refractivity contribution in [2.24, 2.45) is 0 Å². The Morgan fingerprint density at radius 3 is 2.71 bits per heavy atom. The summed E-state index contributed by atoms with van der Waals surface area (Å²) in [5.74, 6) is 1.13. The molecule has 1 aromatic heterocycles. The number of halogens is 1. The van der Waals surface area contributed by atoms with E-state index in [9.17, 15) is 4.79 Å². The van der Waals surface area contributed by atoms with Gasteiger partial charge >= 0.3 is 0 Å². The fraction of sp³-hybridized carbons (Fsp3) is 0.167. The monoisotopic (exact) mass is 451 g/mol. The van der Waals surface area contributed by atoms with Crippen molar-refractivity contribution >= 4 is 58.5 Å². The van der Waals surface area contributed by atoms with Crippen LogP contribution in [0, 0.1) is 3.95 Å². The molecule has 0 atom stereocenters. The Kier molecular flexibility index (Phi) is 5.86. The number of amides is 1. The van der Waals surface area contributed by atoms with E-state index in [1.807, 2.05) is 30.3 Å². The van der Waals surface area contributed by atoms with Gasteiger partial charge in [-0.25, -0.2) is 4.68 Å².